The number of hydrogen-bond acceptors (Lipinski definition) is 6. The van der Waals surface area contributed by atoms with Gasteiger partial charge in [-0.15, -0.1) is 24.0 Å². The quantitative estimate of drug-likeness (QED) is 0.102. The van der Waals surface area contributed by atoms with Crippen molar-refractivity contribution in [2.75, 3.05) is 5.48 Å². The smallest absolute Gasteiger partial charge is 0.354 e. The minimum Gasteiger partial charge on any atom is -0.384 e. The van der Waals surface area contributed by atoms with Gasteiger partial charge in [-0.2, -0.15) is 0 Å². The van der Waals surface area contributed by atoms with Crippen LogP contribution in [0.2, 0.25) is 0 Å². The van der Waals surface area contributed by atoms with Crippen molar-refractivity contribution in [1.82, 2.24) is 5.32 Å². The molecule has 0 saturated carbocycles. The molecule has 0 spiro atoms. The first-order chi connectivity index (χ1) is 15.8. The summed E-state index contributed by atoms with van der Waals surface area (Å²) in [5.74, 6) is -1.31. The van der Waals surface area contributed by atoms with Gasteiger partial charge in [0.15, 0.2) is 5.78 Å². The Balaban J connectivity index is 0.00000408. The highest BCUT2D eigenvalue weighted by Crippen LogP contribution is 2.12. The number of rotatable bonds is 9. The molecular formula is C25H25IN4O4. The van der Waals surface area contributed by atoms with Crippen molar-refractivity contribution in [1.29, 1.82) is 5.41 Å². The van der Waals surface area contributed by atoms with Crippen LogP contribution in [-0.2, 0) is 16.1 Å². The van der Waals surface area contributed by atoms with Crippen molar-refractivity contribution >= 4 is 53.2 Å². The Labute approximate surface area is 214 Å². The highest BCUT2D eigenvalue weighted by Gasteiger charge is 2.24. The molecule has 1 amide bonds. The van der Waals surface area contributed by atoms with E-state index in [1.54, 1.807) is 36.4 Å². The van der Waals surface area contributed by atoms with Crippen LogP contribution in [0.3, 0.4) is 0 Å². The lowest BCUT2D eigenvalue weighted by molar-refractivity contribution is -0.142. The Hall–Kier alpha value is -3.73. The van der Waals surface area contributed by atoms with Gasteiger partial charge < -0.3 is 15.9 Å². The Kier molecular flexibility index (Phi) is 9.75. The third-order valence-corrected chi connectivity index (χ3v) is 4.89. The van der Waals surface area contributed by atoms with Gasteiger partial charge in [-0.05, 0) is 48.9 Å². The van der Waals surface area contributed by atoms with Crippen molar-refractivity contribution in [3.05, 3.63) is 101 Å². The second kappa shape index (κ2) is 12.5. The molecule has 0 fully saturated rings. The van der Waals surface area contributed by atoms with Crippen LogP contribution in [0.5, 0.6) is 0 Å². The molecular weight excluding hydrogens is 547 g/mol. The standard InChI is InChI=1S/C25H24N4O4.HI/c1-16(30)18-11-13-21(14-12-18)29-33-25(32)22(15-17-5-3-2-4-6-17)28-24(31)20-9-7-19(8-10-20)23(26)27;/h2-14,22,29H,15H2,1H3,(H3,26,27)(H,28,31);1H/t22-;/m0./s1. The van der Waals surface area contributed by atoms with Gasteiger partial charge in [-0.25, -0.2) is 10.3 Å². The van der Waals surface area contributed by atoms with Gasteiger partial charge in [0.05, 0.1) is 5.69 Å². The second-order valence-electron chi connectivity index (χ2n) is 7.36. The zero-order valence-electron chi connectivity index (χ0n) is 18.4. The molecule has 34 heavy (non-hydrogen) atoms. The molecule has 5 N–H and O–H groups in total. The molecule has 3 aromatic rings. The zero-order valence-corrected chi connectivity index (χ0v) is 20.7. The number of carbonyl (C=O) groups is 3. The second-order valence-corrected chi connectivity index (χ2v) is 7.36. The molecule has 0 bridgehead atoms. The summed E-state index contributed by atoms with van der Waals surface area (Å²) in [7, 11) is 0. The topological polar surface area (TPSA) is 134 Å². The molecule has 9 heteroatoms. The minimum atomic E-state index is -0.962. The summed E-state index contributed by atoms with van der Waals surface area (Å²) in [5, 5.41) is 10.2. The number of hydrogen-bond donors (Lipinski definition) is 4. The first-order valence-electron chi connectivity index (χ1n) is 10.2. The number of amidine groups is 1. The number of nitrogens with two attached hydrogens (primary N) is 1. The van der Waals surface area contributed by atoms with Crippen LogP contribution in [0, 0.1) is 5.41 Å². The van der Waals surface area contributed by atoms with Gasteiger partial charge >= 0.3 is 5.97 Å². The predicted octanol–water partition coefficient (Wildman–Crippen LogP) is 3.70. The number of anilines is 1. The van der Waals surface area contributed by atoms with Gasteiger partial charge in [0.1, 0.15) is 11.9 Å². The summed E-state index contributed by atoms with van der Waals surface area (Å²) in [6.45, 7) is 1.47. The molecule has 0 heterocycles. The molecule has 0 unspecified atom stereocenters. The molecule has 8 nitrogen and oxygen atoms in total. The summed E-state index contributed by atoms with van der Waals surface area (Å²) >= 11 is 0. The zero-order chi connectivity index (χ0) is 23.8. The molecule has 0 aliphatic heterocycles. The Bertz CT molecular complexity index is 1150. The van der Waals surface area contributed by atoms with Crippen LogP contribution in [0.25, 0.3) is 0 Å². The Morgan fingerprint density at radius 1 is 0.882 bits per heavy atom. The van der Waals surface area contributed by atoms with Gasteiger partial charge in [0.25, 0.3) is 5.91 Å². The van der Waals surface area contributed by atoms with Crippen LogP contribution < -0.4 is 16.5 Å². The van der Waals surface area contributed by atoms with Gasteiger partial charge in [0, 0.05) is 23.1 Å². The van der Waals surface area contributed by atoms with E-state index in [-0.39, 0.29) is 42.0 Å². The van der Waals surface area contributed by atoms with Gasteiger partial charge in [0.2, 0.25) is 0 Å². The lowest BCUT2D eigenvalue weighted by Gasteiger charge is -2.18. The number of nitrogens with one attached hydrogen (secondary N) is 3. The van der Waals surface area contributed by atoms with E-state index in [9.17, 15) is 14.4 Å². The van der Waals surface area contributed by atoms with Crippen molar-refractivity contribution in [2.24, 2.45) is 5.73 Å². The average Bonchev–Trinajstić information content (AvgIpc) is 2.83. The van der Waals surface area contributed by atoms with Crippen LogP contribution in [0.1, 0.15) is 38.8 Å². The highest BCUT2D eigenvalue weighted by atomic mass is 127. The maximum absolute atomic E-state index is 12.8. The van der Waals surface area contributed by atoms with Gasteiger partial charge in [-0.3, -0.25) is 15.0 Å². The number of halogens is 1. The summed E-state index contributed by atoms with van der Waals surface area (Å²) in [6.07, 6.45) is 0.224. The van der Waals surface area contributed by atoms with E-state index in [1.165, 1.54) is 19.1 Å². The van der Waals surface area contributed by atoms with E-state index in [4.69, 9.17) is 16.0 Å². The van der Waals surface area contributed by atoms with Crippen LogP contribution in [0.15, 0.2) is 78.9 Å². The first-order valence-corrected chi connectivity index (χ1v) is 10.2. The van der Waals surface area contributed by atoms with Gasteiger partial charge in [-0.1, -0.05) is 42.5 Å². The molecule has 0 aliphatic carbocycles. The number of nitrogen functional groups attached to an aromatic ring is 1. The van der Waals surface area contributed by atoms with Crippen molar-refractivity contribution in [2.45, 2.75) is 19.4 Å². The maximum Gasteiger partial charge on any atom is 0.354 e. The van der Waals surface area contributed by atoms with E-state index in [0.717, 1.165) is 5.56 Å². The summed E-state index contributed by atoms with van der Waals surface area (Å²) < 4.78 is 0. The van der Waals surface area contributed by atoms with Crippen molar-refractivity contribution < 1.29 is 19.2 Å². The third-order valence-electron chi connectivity index (χ3n) is 4.89. The number of Topliss-reactive ketones (excluding diaryl/α,β-unsaturated/α-hetero) is 1. The highest BCUT2D eigenvalue weighted by molar-refractivity contribution is 14.0. The van der Waals surface area contributed by atoms with Crippen molar-refractivity contribution in [3.8, 4) is 0 Å². The van der Waals surface area contributed by atoms with Crippen LogP contribution in [-0.4, -0.2) is 29.5 Å². The fourth-order valence-electron chi connectivity index (χ4n) is 3.04. The Morgan fingerprint density at radius 3 is 2.00 bits per heavy atom. The fourth-order valence-corrected chi connectivity index (χ4v) is 3.04. The normalized spacial score (nSPS) is 10.9. The van der Waals surface area contributed by atoms with Crippen molar-refractivity contribution in [3.63, 3.8) is 0 Å². The van der Waals surface area contributed by atoms with E-state index in [2.05, 4.69) is 10.8 Å². The molecule has 3 aromatic carbocycles. The van der Waals surface area contributed by atoms with Crippen LogP contribution in [0.4, 0.5) is 5.69 Å². The first kappa shape index (κ1) is 26.5. The third kappa shape index (κ3) is 7.41. The van der Waals surface area contributed by atoms with E-state index in [1.807, 2.05) is 30.3 Å². The fraction of sp³-hybridized carbons (Fsp3) is 0.120. The number of ketones is 1. The lowest BCUT2D eigenvalue weighted by atomic mass is 10.0. The summed E-state index contributed by atoms with van der Waals surface area (Å²) in [4.78, 5) is 42.2. The summed E-state index contributed by atoms with van der Waals surface area (Å²) in [6, 6.07) is 20.9. The lowest BCUT2D eigenvalue weighted by Crippen LogP contribution is -2.44. The van der Waals surface area contributed by atoms with Crippen LogP contribution >= 0.6 is 24.0 Å². The molecule has 1 atom stereocenters. The summed E-state index contributed by atoms with van der Waals surface area (Å²) in [5.41, 5.74) is 10.7. The predicted molar refractivity (Wildman–Crippen MR) is 140 cm³/mol. The number of amides is 1. The van der Waals surface area contributed by atoms with E-state index in [0.29, 0.717) is 22.4 Å². The molecule has 0 saturated heterocycles. The van der Waals surface area contributed by atoms with E-state index < -0.39 is 17.9 Å². The molecule has 0 aliphatic rings. The monoisotopic (exact) mass is 572 g/mol. The molecule has 176 valence electrons. The molecule has 0 radical (unpaired) electrons. The minimum absolute atomic E-state index is 0. The van der Waals surface area contributed by atoms with E-state index >= 15 is 0 Å². The molecule has 0 aromatic heterocycles. The SMILES string of the molecule is CC(=O)c1ccc(NOC(=O)[C@H](Cc2ccccc2)NC(=O)c2ccc(C(=N)N)cc2)cc1.I. The largest absolute Gasteiger partial charge is 0.384 e. The maximum atomic E-state index is 12.8. The Morgan fingerprint density at radius 2 is 1.44 bits per heavy atom. The number of carbonyl (C=O) groups excluding carboxylic acids is 3. The number of benzene rings is 3. The molecule has 3 rings (SSSR count). The average molecular weight is 572 g/mol.